The van der Waals surface area contributed by atoms with Crippen molar-refractivity contribution in [2.24, 2.45) is 11.7 Å². The van der Waals surface area contributed by atoms with Crippen molar-refractivity contribution < 1.29 is 9.13 Å². The molecule has 1 unspecified atom stereocenters. The lowest BCUT2D eigenvalue weighted by molar-refractivity contribution is 0.385. The van der Waals surface area contributed by atoms with Crippen LogP contribution in [0.4, 0.5) is 4.39 Å². The van der Waals surface area contributed by atoms with E-state index in [4.69, 9.17) is 22.1 Å². The zero-order valence-corrected chi connectivity index (χ0v) is 12.7. The monoisotopic (exact) mass is 307 g/mol. The normalized spacial score (nSPS) is 12.2. The van der Waals surface area contributed by atoms with E-state index in [1.807, 2.05) is 30.3 Å². The number of halogens is 2. The first-order chi connectivity index (χ1) is 10.1. The minimum absolute atomic E-state index is 0.220. The summed E-state index contributed by atoms with van der Waals surface area (Å²) in [5.74, 6) is 0.135. The SMILES string of the molecule is COc1ccc(CC(CN)Cc2ccccc2Cl)cc1F. The molecular formula is C17H19ClFNO. The van der Waals surface area contributed by atoms with Crippen molar-refractivity contribution in [2.75, 3.05) is 13.7 Å². The fraction of sp³-hybridized carbons (Fsp3) is 0.294. The van der Waals surface area contributed by atoms with Crippen LogP contribution in [-0.2, 0) is 12.8 Å². The van der Waals surface area contributed by atoms with Gasteiger partial charge in [0.05, 0.1) is 7.11 Å². The minimum atomic E-state index is -0.344. The van der Waals surface area contributed by atoms with Gasteiger partial charge in [-0.15, -0.1) is 0 Å². The summed E-state index contributed by atoms with van der Waals surface area (Å²) in [5, 5.41) is 0.747. The van der Waals surface area contributed by atoms with Gasteiger partial charge in [0.2, 0.25) is 0 Å². The summed E-state index contributed by atoms with van der Waals surface area (Å²) in [6, 6.07) is 12.8. The first-order valence-corrected chi connectivity index (χ1v) is 7.27. The van der Waals surface area contributed by atoms with E-state index < -0.39 is 0 Å². The van der Waals surface area contributed by atoms with E-state index in [0.717, 1.165) is 22.6 Å². The Morgan fingerprint density at radius 2 is 1.95 bits per heavy atom. The molecule has 0 bridgehead atoms. The molecule has 2 aromatic carbocycles. The van der Waals surface area contributed by atoms with Gasteiger partial charge in [0.15, 0.2) is 11.6 Å². The Labute approximate surface area is 129 Å². The fourth-order valence-corrected chi connectivity index (χ4v) is 2.60. The zero-order chi connectivity index (χ0) is 15.2. The Kier molecular flexibility index (Phi) is 5.59. The lowest BCUT2D eigenvalue weighted by Gasteiger charge is -2.16. The van der Waals surface area contributed by atoms with Crippen molar-refractivity contribution in [3.63, 3.8) is 0 Å². The van der Waals surface area contributed by atoms with Gasteiger partial charge in [-0.05, 0) is 54.6 Å². The number of methoxy groups -OCH3 is 1. The maximum absolute atomic E-state index is 13.7. The summed E-state index contributed by atoms with van der Waals surface area (Å²) in [6.07, 6.45) is 1.49. The zero-order valence-electron chi connectivity index (χ0n) is 12.0. The second-order valence-corrected chi connectivity index (χ2v) is 5.48. The Morgan fingerprint density at radius 3 is 2.57 bits per heavy atom. The van der Waals surface area contributed by atoms with Gasteiger partial charge in [-0.3, -0.25) is 0 Å². The van der Waals surface area contributed by atoms with Crippen molar-refractivity contribution >= 4 is 11.6 Å². The molecule has 2 aromatic rings. The van der Waals surface area contributed by atoms with Crippen molar-refractivity contribution in [3.05, 3.63) is 64.4 Å². The highest BCUT2D eigenvalue weighted by Crippen LogP contribution is 2.23. The van der Waals surface area contributed by atoms with Crippen LogP contribution < -0.4 is 10.5 Å². The first-order valence-electron chi connectivity index (χ1n) is 6.90. The summed E-state index contributed by atoms with van der Waals surface area (Å²) in [4.78, 5) is 0. The predicted molar refractivity (Wildman–Crippen MR) is 84.4 cm³/mol. The average Bonchev–Trinajstić information content (AvgIpc) is 2.49. The Balaban J connectivity index is 2.09. The van der Waals surface area contributed by atoms with Crippen LogP contribution in [0.25, 0.3) is 0 Å². The second kappa shape index (κ2) is 7.43. The fourth-order valence-electron chi connectivity index (χ4n) is 2.38. The van der Waals surface area contributed by atoms with Crippen LogP contribution in [0.3, 0.4) is 0 Å². The van der Waals surface area contributed by atoms with E-state index in [1.54, 1.807) is 6.07 Å². The molecule has 0 heterocycles. The number of nitrogens with two attached hydrogens (primary N) is 1. The van der Waals surface area contributed by atoms with E-state index in [1.165, 1.54) is 13.2 Å². The molecule has 1 atom stereocenters. The van der Waals surface area contributed by atoms with E-state index >= 15 is 0 Å². The maximum Gasteiger partial charge on any atom is 0.165 e. The van der Waals surface area contributed by atoms with Gasteiger partial charge in [0, 0.05) is 5.02 Å². The van der Waals surface area contributed by atoms with Crippen molar-refractivity contribution in [3.8, 4) is 5.75 Å². The van der Waals surface area contributed by atoms with E-state index in [9.17, 15) is 4.39 Å². The van der Waals surface area contributed by atoms with Crippen LogP contribution in [0.15, 0.2) is 42.5 Å². The van der Waals surface area contributed by atoms with Crippen LogP contribution in [0.2, 0.25) is 5.02 Å². The highest BCUT2D eigenvalue weighted by atomic mass is 35.5. The molecule has 112 valence electrons. The largest absolute Gasteiger partial charge is 0.494 e. The van der Waals surface area contributed by atoms with Crippen LogP contribution in [-0.4, -0.2) is 13.7 Å². The first kappa shape index (κ1) is 15.8. The Bertz CT molecular complexity index is 603. The quantitative estimate of drug-likeness (QED) is 0.880. The molecule has 0 aromatic heterocycles. The van der Waals surface area contributed by atoms with Crippen LogP contribution in [0, 0.1) is 11.7 Å². The average molecular weight is 308 g/mol. The van der Waals surface area contributed by atoms with Gasteiger partial charge in [0.1, 0.15) is 0 Å². The van der Waals surface area contributed by atoms with Gasteiger partial charge < -0.3 is 10.5 Å². The molecule has 0 amide bonds. The van der Waals surface area contributed by atoms with E-state index in [2.05, 4.69) is 0 Å². The molecule has 0 fully saturated rings. The summed E-state index contributed by atoms with van der Waals surface area (Å²) in [6.45, 7) is 0.527. The molecule has 0 saturated carbocycles. The lowest BCUT2D eigenvalue weighted by atomic mass is 9.92. The minimum Gasteiger partial charge on any atom is -0.494 e. The summed E-state index contributed by atoms with van der Waals surface area (Å²) in [5.41, 5.74) is 7.84. The highest BCUT2D eigenvalue weighted by Gasteiger charge is 2.12. The van der Waals surface area contributed by atoms with Crippen LogP contribution in [0.5, 0.6) is 5.75 Å². The third-order valence-electron chi connectivity index (χ3n) is 3.54. The van der Waals surface area contributed by atoms with Crippen molar-refractivity contribution in [1.82, 2.24) is 0 Å². The van der Waals surface area contributed by atoms with Gasteiger partial charge in [-0.2, -0.15) is 0 Å². The molecule has 2 nitrogen and oxygen atoms in total. The summed E-state index contributed by atoms with van der Waals surface area (Å²) >= 11 is 6.18. The molecule has 0 radical (unpaired) electrons. The third kappa shape index (κ3) is 4.19. The van der Waals surface area contributed by atoms with Gasteiger partial charge in [-0.25, -0.2) is 4.39 Å². The molecule has 2 rings (SSSR count). The smallest absolute Gasteiger partial charge is 0.165 e. The molecular weight excluding hydrogens is 289 g/mol. The molecule has 0 aliphatic carbocycles. The molecule has 2 N–H and O–H groups in total. The van der Waals surface area contributed by atoms with E-state index in [0.29, 0.717) is 13.0 Å². The van der Waals surface area contributed by atoms with Gasteiger partial charge >= 0.3 is 0 Å². The summed E-state index contributed by atoms with van der Waals surface area (Å²) in [7, 11) is 1.46. The standard InChI is InChI=1S/C17H19ClFNO/c1-21-17-7-6-12(10-16(17)19)8-13(11-20)9-14-4-2-3-5-15(14)18/h2-7,10,13H,8-9,11,20H2,1H3. The Hall–Kier alpha value is -1.58. The number of ether oxygens (including phenoxy) is 1. The van der Waals surface area contributed by atoms with E-state index in [-0.39, 0.29) is 17.5 Å². The lowest BCUT2D eigenvalue weighted by Crippen LogP contribution is -2.19. The topological polar surface area (TPSA) is 35.2 Å². The number of hydrogen-bond donors (Lipinski definition) is 1. The molecule has 4 heteroatoms. The van der Waals surface area contributed by atoms with Gasteiger partial charge in [-0.1, -0.05) is 35.9 Å². The molecule has 0 aliphatic heterocycles. The highest BCUT2D eigenvalue weighted by molar-refractivity contribution is 6.31. The Morgan fingerprint density at radius 1 is 1.19 bits per heavy atom. The number of benzene rings is 2. The second-order valence-electron chi connectivity index (χ2n) is 5.07. The number of rotatable bonds is 6. The van der Waals surface area contributed by atoms with Crippen molar-refractivity contribution in [1.29, 1.82) is 0 Å². The molecule has 21 heavy (non-hydrogen) atoms. The summed E-state index contributed by atoms with van der Waals surface area (Å²) < 4.78 is 18.6. The number of hydrogen-bond acceptors (Lipinski definition) is 2. The van der Waals surface area contributed by atoms with Crippen LogP contribution >= 0.6 is 11.6 Å². The predicted octanol–water partition coefficient (Wildman–Crippen LogP) is 3.85. The van der Waals surface area contributed by atoms with Gasteiger partial charge in [0.25, 0.3) is 0 Å². The molecule has 0 saturated heterocycles. The maximum atomic E-state index is 13.7. The van der Waals surface area contributed by atoms with Crippen molar-refractivity contribution in [2.45, 2.75) is 12.8 Å². The third-order valence-corrected chi connectivity index (χ3v) is 3.91. The molecule has 0 spiro atoms. The van der Waals surface area contributed by atoms with Crippen LogP contribution in [0.1, 0.15) is 11.1 Å². The molecule has 0 aliphatic rings.